The summed E-state index contributed by atoms with van der Waals surface area (Å²) in [6.45, 7) is 9.36. The number of thioether (sulfide) groups is 1. The lowest BCUT2D eigenvalue weighted by Gasteiger charge is -2.15. The summed E-state index contributed by atoms with van der Waals surface area (Å²) < 4.78 is 5.50. The quantitative estimate of drug-likeness (QED) is 0.848. The van der Waals surface area contributed by atoms with E-state index in [1.807, 2.05) is 11.8 Å². The first-order chi connectivity index (χ1) is 7.92. The molecule has 1 unspecified atom stereocenters. The van der Waals surface area contributed by atoms with Crippen LogP contribution in [0.4, 0.5) is 0 Å². The summed E-state index contributed by atoms with van der Waals surface area (Å²) in [5.41, 5.74) is 5.49. The van der Waals surface area contributed by atoms with Gasteiger partial charge in [0.2, 0.25) is 5.89 Å². The van der Waals surface area contributed by atoms with E-state index in [1.165, 1.54) is 0 Å². The highest BCUT2D eigenvalue weighted by atomic mass is 32.2. The van der Waals surface area contributed by atoms with E-state index in [0.717, 1.165) is 30.3 Å². The highest BCUT2D eigenvalue weighted by Gasteiger charge is 2.16. The third-order valence-corrected chi connectivity index (χ3v) is 3.65. The molecule has 0 aliphatic heterocycles. The van der Waals surface area contributed by atoms with Crippen molar-refractivity contribution in [2.45, 2.75) is 57.0 Å². The van der Waals surface area contributed by atoms with Crippen LogP contribution in [-0.4, -0.2) is 21.4 Å². The summed E-state index contributed by atoms with van der Waals surface area (Å²) >= 11 is 1.82. The second-order valence-electron chi connectivity index (χ2n) is 5.28. The predicted octanol–water partition coefficient (Wildman–Crippen LogP) is 2.94. The fraction of sp³-hybridized carbons (Fsp3) is 0.833. The van der Waals surface area contributed by atoms with Crippen molar-refractivity contribution >= 4 is 11.8 Å². The molecule has 17 heavy (non-hydrogen) atoms. The van der Waals surface area contributed by atoms with E-state index in [0.29, 0.717) is 12.5 Å². The topological polar surface area (TPSA) is 64.9 Å². The number of aromatic nitrogens is 2. The number of nitrogens with two attached hydrogens (primary N) is 1. The fourth-order valence-corrected chi connectivity index (χ4v) is 2.03. The lowest BCUT2D eigenvalue weighted by atomic mass is 10.1. The molecule has 0 aliphatic carbocycles. The summed E-state index contributed by atoms with van der Waals surface area (Å²) in [6, 6.07) is 0. The standard InChI is InChI=1S/C12H23N3OS/c1-9(6-5-7-13)11-14-10(15-16-11)8-17-12(2,3)4/h9H,5-8,13H2,1-4H3. The molecular weight excluding hydrogens is 234 g/mol. The van der Waals surface area contributed by atoms with Crippen LogP contribution < -0.4 is 5.73 Å². The normalized spacial score (nSPS) is 13.9. The van der Waals surface area contributed by atoms with Crippen molar-refractivity contribution in [3.05, 3.63) is 11.7 Å². The molecule has 0 fully saturated rings. The Kier molecular flexibility index (Phi) is 5.46. The van der Waals surface area contributed by atoms with Gasteiger partial charge in [0.25, 0.3) is 0 Å². The molecule has 0 saturated carbocycles. The Balaban J connectivity index is 2.47. The van der Waals surface area contributed by atoms with Crippen LogP contribution in [-0.2, 0) is 5.75 Å². The smallest absolute Gasteiger partial charge is 0.229 e. The fourth-order valence-electron chi connectivity index (χ4n) is 1.35. The van der Waals surface area contributed by atoms with Gasteiger partial charge in [-0.3, -0.25) is 0 Å². The van der Waals surface area contributed by atoms with Crippen molar-refractivity contribution in [1.82, 2.24) is 10.1 Å². The molecule has 1 rings (SSSR count). The maximum Gasteiger partial charge on any atom is 0.229 e. The van der Waals surface area contributed by atoms with E-state index >= 15 is 0 Å². The van der Waals surface area contributed by atoms with Crippen LogP contribution in [0, 0.1) is 0 Å². The minimum Gasteiger partial charge on any atom is -0.339 e. The van der Waals surface area contributed by atoms with Crippen molar-refractivity contribution in [2.24, 2.45) is 5.73 Å². The molecule has 98 valence electrons. The Labute approximate surface area is 108 Å². The number of hydrogen-bond donors (Lipinski definition) is 1. The molecule has 1 heterocycles. The molecule has 0 radical (unpaired) electrons. The van der Waals surface area contributed by atoms with Gasteiger partial charge in [0.15, 0.2) is 5.82 Å². The van der Waals surface area contributed by atoms with Gasteiger partial charge in [-0.1, -0.05) is 32.9 Å². The van der Waals surface area contributed by atoms with Crippen LogP contribution >= 0.6 is 11.8 Å². The molecule has 4 nitrogen and oxygen atoms in total. The van der Waals surface area contributed by atoms with Gasteiger partial charge in [-0.05, 0) is 19.4 Å². The van der Waals surface area contributed by atoms with Crippen LogP contribution in [0.25, 0.3) is 0 Å². The first-order valence-corrected chi connectivity index (χ1v) is 7.07. The molecular formula is C12H23N3OS. The Morgan fingerprint density at radius 1 is 1.41 bits per heavy atom. The molecule has 1 aromatic heterocycles. The van der Waals surface area contributed by atoms with Gasteiger partial charge in [-0.2, -0.15) is 4.98 Å². The van der Waals surface area contributed by atoms with E-state index in [9.17, 15) is 0 Å². The second kappa shape index (κ2) is 6.40. The van der Waals surface area contributed by atoms with Crippen LogP contribution in [0.15, 0.2) is 4.52 Å². The number of rotatable bonds is 6. The summed E-state index contributed by atoms with van der Waals surface area (Å²) in [6.07, 6.45) is 2.00. The monoisotopic (exact) mass is 257 g/mol. The van der Waals surface area contributed by atoms with Crippen LogP contribution in [0.3, 0.4) is 0 Å². The third-order valence-electron chi connectivity index (χ3n) is 2.38. The average Bonchev–Trinajstić information content (AvgIpc) is 2.70. The Hall–Kier alpha value is -0.550. The molecule has 0 spiro atoms. The minimum atomic E-state index is 0.228. The van der Waals surface area contributed by atoms with E-state index in [2.05, 4.69) is 37.8 Å². The van der Waals surface area contributed by atoms with Crippen molar-refractivity contribution < 1.29 is 4.52 Å². The predicted molar refractivity (Wildman–Crippen MR) is 72.0 cm³/mol. The van der Waals surface area contributed by atoms with Crippen LogP contribution in [0.5, 0.6) is 0 Å². The van der Waals surface area contributed by atoms with Gasteiger partial charge < -0.3 is 10.3 Å². The zero-order valence-electron chi connectivity index (χ0n) is 11.2. The molecule has 0 saturated heterocycles. The van der Waals surface area contributed by atoms with Gasteiger partial charge in [-0.15, -0.1) is 11.8 Å². The maximum atomic E-state index is 5.49. The molecule has 5 heteroatoms. The summed E-state index contributed by atoms with van der Waals surface area (Å²) in [5.74, 6) is 2.64. The van der Waals surface area contributed by atoms with E-state index in [1.54, 1.807) is 0 Å². The van der Waals surface area contributed by atoms with Crippen molar-refractivity contribution in [3.63, 3.8) is 0 Å². The second-order valence-corrected chi connectivity index (χ2v) is 7.08. The van der Waals surface area contributed by atoms with Gasteiger partial charge in [0.1, 0.15) is 0 Å². The van der Waals surface area contributed by atoms with Crippen molar-refractivity contribution in [2.75, 3.05) is 6.54 Å². The SMILES string of the molecule is CC(CCCN)c1nc(CSC(C)(C)C)no1. The molecule has 0 aromatic carbocycles. The highest BCUT2D eigenvalue weighted by molar-refractivity contribution is 7.99. The number of hydrogen-bond acceptors (Lipinski definition) is 5. The van der Waals surface area contributed by atoms with E-state index in [4.69, 9.17) is 10.3 Å². The van der Waals surface area contributed by atoms with Gasteiger partial charge in [0.05, 0.1) is 5.75 Å². The summed E-state index contributed by atoms with van der Waals surface area (Å²) in [7, 11) is 0. The maximum absolute atomic E-state index is 5.49. The van der Waals surface area contributed by atoms with Gasteiger partial charge >= 0.3 is 0 Å². The zero-order chi connectivity index (χ0) is 12.9. The Morgan fingerprint density at radius 2 is 2.12 bits per heavy atom. The van der Waals surface area contributed by atoms with Crippen molar-refractivity contribution in [3.8, 4) is 0 Å². The molecule has 0 aliphatic rings. The molecule has 0 bridgehead atoms. The third kappa shape index (κ3) is 5.55. The summed E-state index contributed by atoms with van der Waals surface area (Å²) in [4.78, 5) is 4.43. The Morgan fingerprint density at radius 3 is 2.71 bits per heavy atom. The largest absolute Gasteiger partial charge is 0.339 e. The van der Waals surface area contributed by atoms with E-state index in [-0.39, 0.29) is 4.75 Å². The van der Waals surface area contributed by atoms with Gasteiger partial charge in [0, 0.05) is 10.7 Å². The summed E-state index contributed by atoms with van der Waals surface area (Å²) in [5, 5.41) is 4.01. The first-order valence-electron chi connectivity index (χ1n) is 6.09. The first kappa shape index (κ1) is 14.5. The molecule has 2 N–H and O–H groups in total. The Bertz CT molecular complexity index is 333. The average molecular weight is 257 g/mol. The van der Waals surface area contributed by atoms with Crippen LogP contribution in [0.1, 0.15) is 58.2 Å². The van der Waals surface area contributed by atoms with Crippen LogP contribution in [0.2, 0.25) is 0 Å². The minimum absolute atomic E-state index is 0.228. The molecule has 0 amide bonds. The van der Waals surface area contributed by atoms with Gasteiger partial charge in [-0.25, -0.2) is 0 Å². The lowest BCUT2D eigenvalue weighted by Crippen LogP contribution is -2.08. The van der Waals surface area contributed by atoms with E-state index < -0.39 is 0 Å². The molecule has 1 aromatic rings. The molecule has 1 atom stereocenters. The number of nitrogens with zero attached hydrogens (tertiary/aromatic N) is 2. The van der Waals surface area contributed by atoms with Crippen molar-refractivity contribution in [1.29, 1.82) is 0 Å². The lowest BCUT2D eigenvalue weighted by molar-refractivity contribution is 0.349. The highest BCUT2D eigenvalue weighted by Crippen LogP contribution is 2.27. The zero-order valence-corrected chi connectivity index (χ0v) is 12.0.